The lowest BCUT2D eigenvalue weighted by Crippen LogP contribution is -1.83. The van der Waals surface area contributed by atoms with Crippen LogP contribution in [0.2, 0.25) is 0 Å². The number of phenolic OH excluding ortho intramolecular Hbond substituents is 1. The molecular weight excluding hydrogens is 290 g/mol. The molecule has 2 nitrogen and oxygen atoms in total. The van der Waals surface area contributed by atoms with Crippen LogP contribution in [-0.4, -0.2) is 10.1 Å². The van der Waals surface area contributed by atoms with Crippen LogP contribution in [0.15, 0.2) is 60.0 Å². The maximum absolute atomic E-state index is 9.90. The van der Waals surface area contributed by atoms with Crippen LogP contribution in [0.5, 0.6) is 5.75 Å². The summed E-state index contributed by atoms with van der Waals surface area (Å²) >= 11 is 1.74. The fourth-order valence-corrected chi connectivity index (χ4v) is 3.47. The zero-order chi connectivity index (χ0) is 14.9. The van der Waals surface area contributed by atoms with E-state index in [0.717, 1.165) is 11.1 Å². The van der Waals surface area contributed by atoms with Crippen LogP contribution in [0.25, 0.3) is 33.1 Å². The van der Waals surface area contributed by atoms with Crippen LogP contribution in [-0.2, 0) is 0 Å². The summed E-state index contributed by atoms with van der Waals surface area (Å²) in [6, 6.07) is 17.7. The summed E-state index contributed by atoms with van der Waals surface area (Å²) in [6.45, 7) is 0. The van der Waals surface area contributed by atoms with E-state index in [1.165, 1.54) is 15.6 Å². The quantitative estimate of drug-likeness (QED) is 0.543. The first-order valence-electron chi connectivity index (χ1n) is 7.04. The highest BCUT2D eigenvalue weighted by Crippen LogP contribution is 2.27. The third-order valence-corrected chi connectivity index (χ3v) is 4.65. The lowest BCUT2D eigenvalue weighted by molar-refractivity contribution is 0.480. The zero-order valence-corrected chi connectivity index (χ0v) is 12.5. The smallest absolute Gasteiger partial charge is 0.141 e. The number of hydrogen-bond donors (Lipinski definition) is 1. The van der Waals surface area contributed by atoms with E-state index >= 15 is 0 Å². The maximum atomic E-state index is 9.90. The van der Waals surface area contributed by atoms with Crippen molar-refractivity contribution >= 4 is 44.5 Å². The number of benzene rings is 2. The van der Waals surface area contributed by atoms with Gasteiger partial charge in [0.25, 0.3) is 0 Å². The van der Waals surface area contributed by atoms with E-state index in [1.54, 1.807) is 17.4 Å². The zero-order valence-electron chi connectivity index (χ0n) is 11.7. The van der Waals surface area contributed by atoms with E-state index in [2.05, 4.69) is 40.7 Å². The van der Waals surface area contributed by atoms with Crippen molar-refractivity contribution in [3.63, 3.8) is 0 Å². The van der Waals surface area contributed by atoms with Crippen LogP contribution in [0.3, 0.4) is 0 Å². The van der Waals surface area contributed by atoms with Crippen LogP contribution in [0.4, 0.5) is 0 Å². The van der Waals surface area contributed by atoms with Crippen LogP contribution >= 0.6 is 11.3 Å². The summed E-state index contributed by atoms with van der Waals surface area (Å²) in [7, 11) is 0. The first-order chi connectivity index (χ1) is 10.8. The number of aromatic hydroxyl groups is 1. The molecule has 0 radical (unpaired) electrons. The molecule has 2 aromatic heterocycles. The van der Waals surface area contributed by atoms with Crippen molar-refractivity contribution in [3.05, 3.63) is 71.2 Å². The molecule has 0 unspecified atom stereocenters. The van der Waals surface area contributed by atoms with E-state index in [9.17, 15) is 5.11 Å². The molecule has 0 fully saturated rings. The number of aromatic nitrogens is 1. The molecule has 0 aliphatic rings. The number of para-hydroxylation sites is 1. The van der Waals surface area contributed by atoms with E-state index in [0.29, 0.717) is 5.52 Å². The number of nitrogens with zero attached hydrogens (tertiary/aromatic N) is 1. The van der Waals surface area contributed by atoms with Crippen molar-refractivity contribution in [3.8, 4) is 5.75 Å². The van der Waals surface area contributed by atoms with Crippen molar-refractivity contribution < 1.29 is 5.11 Å². The molecule has 4 rings (SSSR count). The van der Waals surface area contributed by atoms with Gasteiger partial charge in [0.15, 0.2) is 0 Å². The summed E-state index contributed by atoms with van der Waals surface area (Å²) in [5.41, 5.74) is 2.67. The van der Waals surface area contributed by atoms with Gasteiger partial charge in [-0.2, -0.15) is 0 Å². The second-order valence-electron chi connectivity index (χ2n) is 5.11. The standard InChI is InChI=1S/C19H13NOS/c21-17-6-3-4-13-8-10-15(20-19(13)17)11-9-14-12-22-18-7-2-1-5-16(14)18/h1-12,21H/b11-9+. The minimum atomic E-state index is 0.216. The van der Waals surface area contributed by atoms with Crippen LogP contribution in [0, 0.1) is 0 Å². The molecule has 1 N–H and O–H groups in total. The number of pyridine rings is 1. The first-order valence-corrected chi connectivity index (χ1v) is 7.92. The van der Waals surface area contributed by atoms with Gasteiger partial charge in [0.2, 0.25) is 0 Å². The van der Waals surface area contributed by atoms with Gasteiger partial charge in [-0.15, -0.1) is 11.3 Å². The molecule has 2 heterocycles. The second-order valence-corrected chi connectivity index (χ2v) is 6.02. The number of thiophene rings is 1. The van der Waals surface area contributed by atoms with Crippen molar-refractivity contribution in [2.24, 2.45) is 0 Å². The molecule has 0 saturated carbocycles. The largest absolute Gasteiger partial charge is 0.506 e. The Morgan fingerprint density at radius 3 is 2.77 bits per heavy atom. The minimum absolute atomic E-state index is 0.216. The molecule has 22 heavy (non-hydrogen) atoms. The predicted molar refractivity (Wildman–Crippen MR) is 94.2 cm³/mol. The summed E-state index contributed by atoms with van der Waals surface area (Å²) in [5, 5.41) is 14.3. The molecule has 0 spiro atoms. The molecular formula is C19H13NOS. The van der Waals surface area contributed by atoms with Gasteiger partial charge >= 0.3 is 0 Å². The van der Waals surface area contributed by atoms with Crippen molar-refractivity contribution in [2.75, 3.05) is 0 Å². The lowest BCUT2D eigenvalue weighted by Gasteiger charge is -2.01. The van der Waals surface area contributed by atoms with Gasteiger partial charge in [-0.3, -0.25) is 0 Å². The molecule has 2 aromatic carbocycles. The molecule has 0 bridgehead atoms. The summed E-state index contributed by atoms with van der Waals surface area (Å²) in [5.74, 6) is 0.216. The molecule has 0 amide bonds. The first kappa shape index (κ1) is 13.0. The highest BCUT2D eigenvalue weighted by atomic mass is 32.1. The van der Waals surface area contributed by atoms with Crippen LogP contribution < -0.4 is 0 Å². The average Bonchev–Trinajstić information content (AvgIpc) is 2.97. The van der Waals surface area contributed by atoms with E-state index in [4.69, 9.17) is 0 Å². The Labute approximate surface area is 132 Å². The minimum Gasteiger partial charge on any atom is -0.506 e. The topological polar surface area (TPSA) is 33.1 Å². The normalized spacial score (nSPS) is 11.6. The Morgan fingerprint density at radius 1 is 0.909 bits per heavy atom. The summed E-state index contributed by atoms with van der Waals surface area (Å²) in [6.07, 6.45) is 4.06. The van der Waals surface area contributed by atoms with Gasteiger partial charge in [0, 0.05) is 10.1 Å². The van der Waals surface area contributed by atoms with Crippen LogP contribution in [0.1, 0.15) is 11.3 Å². The Hall–Kier alpha value is -2.65. The number of fused-ring (bicyclic) bond motifs is 2. The summed E-state index contributed by atoms with van der Waals surface area (Å²) < 4.78 is 1.28. The highest BCUT2D eigenvalue weighted by molar-refractivity contribution is 7.17. The fourth-order valence-electron chi connectivity index (χ4n) is 2.54. The number of hydrogen-bond acceptors (Lipinski definition) is 3. The third-order valence-electron chi connectivity index (χ3n) is 3.67. The Morgan fingerprint density at radius 2 is 1.82 bits per heavy atom. The maximum Gasteiger partial charge on any atom is 0.141 e. The van der Waals surface area contributed by atoms with E-state index in [1.807, 2.05) is 30.3 Å². The van der Waals surface area contributed by atoms with Gasteiger partial charge in [0.1, 0.15) is 11.3 Å². The summed E-state index contributed by atoms with van der Waals surface area (Å²) in [4.78, 5) is 4.52. The van der Waals surface area contributed by atoms with Gasteiger partial charge in [-0.25, -0.2) is 4.98 Å². The third kappa shape index (κ3) is 2.26. The monoisotopic (exact) mass is 303 g/mol. The molecule has 4 aromatic rings. The Kier molecular flexibility index (Phi) is 3.13. The van der Waals surface area contributed by atoms with Gasteiger partial charge < -0.3 is 5.11 Å². The van der Waals surface area contributed by atoms with E-state index in [-0.39, 0.29) is 5.75 Å². The molecule has 3 heteroatoms. The van der Waals surface area contributed by atoms with Gasteiger partial charge in [-0.1, -0.05) is 42.5 Å². The number of phenols is 1. The average molecular weight is 303 g/mol. The van der Waals surface area contributed by atoms with Crippen molar-refractivity contribution in [1.29, 1.82) is 0 Å². The number of rotatable bonds is 2. The molecule has 0 aliphatic heterocycles. The van der Waals surface area contributed by atoms with Crippen molar-refractivity contribution in [2.45, 2.75) is 0 Å². The Balaban J connectivity index is 1.75. The van der Waals surface area contributed by atoms with Gasteiger partial charge in [0.05, 0.1) is 5.69 Å². The van der Waals surface area contributed by atoms with E-state index < -0.39 is 0 Å². The molecule has 0 aliphatic carbocycles. The predicted octanol–water partition coefficient (Wildman–Crippen LogP) is 5.33. The van der Waals surface area contributed by atoms with Gasteiger partial charge in [-0.05, 0) is 40.6 Å². The fraction of sp³-hybridized carbons (Fsp3) is 0. The highest BCUT2D eigenvalue weighted by Gasteiger charge is 2.02. The Bertz CT molecular complexity index is 1000. The molecule has 0 saturated heterocycles. The lowest BCUT2D eigenvalue weighted by atomic mass is 10.1. The second kappa shape index (κ2) is 5.28. The SMILES string of the molecule is Oc1cccc2ccc(/C=C/c3csc4ccccc34)nc12. The molecule has 0 atom stereocenters. The molecule has 106 valence electrons. The van der Waals surface area contributed by atoms with Crippen molar-refractivity contribution in [1.82, 2.24) is 4.98 Å².